The summed E-state index contributed by atoms with van der Waals surface area (Å²) in [7, 11) is 0. The molecule has 0 aromatic heterocycles. The molecule has 1 heterocycles. The molecule has 0 radical (unpaired) electrons. The van der Waals surface area contributed by atoms with Crippen molar-refractivity contribution in [1.82, 2.24) is 5.32 Å². The molecule has 1 aliphatic carbocycles. The van der Waals surface area contributed by atoms with E-state index in [0.717, 1.165) is 18.0 Å². The Hall–Kier alpha value is -0.0400. The minimum Gasteiger partial charge on any atom is -0.311 e. The average Bonchev–Trinajstić information content (AvgIpc) is 1.59. The number of nitrogens with one attached hydrogen (secondary N) is 1. The van der Waals surface area contributed by atoms with Crippen LogP contribution in [0.5, 0.6) is 0 Å². The highest BCUT2D eigenvalue weighted by Crippen LogP contribution is 2.38. The highest BCUT2D eigenvalue weighted by molar-refractivity contribution is 5.02. The molecule has 1 saturated heterocycles. The van der Waals surface area contributed by atoms with E-state index in [1.54, 1.807) is 0 Å². The Labute approximate surface area is 44.1 Å². The molecule has 40 valence electrons. The fourth-order valence-electron chi connectivity index (χ4n) is 1.67. The van der Waals surface area contributed by atoms with E-state index in [0.29, 0.717) is 0 Å². The summed E-state index contributed by atoms with van der Waals surface area (Å²) in [5.41, 5.74) is 0. The lowest BCUT2D eigenvalue weighted by Gasteiger charge is -2.52. The summed E-state index contributed by atoms with van der Waals surface area (Å²) in [4.78, 5) is 0. The Bertz CT molecular complexity index is 86.2. The Morgan fingerprint density at radius 2 is 2.29 bits per heavy atom. The topological polar surface area (TPSA) is 12.0 Å². The fourth-order valence-corrected chi connectivity index (χ4v) is 1.67. The largest absolute Gasteiger partial charge is 0.311 e. The summed E-state index contributed by atoms with van der Waals surface area (Å²) < 4.78 is 0. The predicted octanol–water partition coefficient (Wildman–Crippen LogP) is 0.757. The number of hydrogen-bond donors (Lipinski definition) is 1. The van der Waals surface area contributed by atoms with Crippen LogP contribution in [0.1, 0.15) is 19.8 Å². The predicted molar refractivity (Wildman–Crippen MR) is 29.1 cm³/mol. The van der Waals surface area contributed by atoms with Crippen molar-refractivity contribution in [3.63, 3.8) is 0 Å². The van der Waals surface area contributed by atoms with E-state index in [1.165, 1.54) is 12.8 Å². The van der Waals surface area contributed by atoms with Crippen molar-refractivity contribution in [3.05, 3.63) is 0 Å². The van der Waals surface area contributed by atoms with Gasteiger partial charge in [-0.05, 0) is 25.7 Å². The van der Waals surface area contributed by atoms with Crippen LogP contribution in [0.4, 0.5) is 0 Å². The van der Waals surface area contributed by atoms with E-state index in [2.05, 4.69) is 12.2 Å². The summed E-state index contributed by atoms with van der Waals surface area (Å²) in [6, 6.07) is 1.79. The van der Waals surface area contributed by atoms with Gasteiger partial charge in [-0.1, -0.05) is 0 Å². The van der Waals surface area contributed by atoms with E-state index in [1.807, 2.05) is 0 Å². The third-order valence-corrected chi connectivity index (χ3v) is 2.45. The van der Waals surface area contributed by atoms with Gasteiger partial charge in [0.2, 0.25) is 0 Å². The van der Waals surface area contributed by atoms with Gasteiger partial charge in [-0.15, -0.1) is 0 Å². The highest BCUT2D eigenvalue weighted by Gasteiger charge is 2.43. The second-order valence-electron chi connectivity index (χ2n) is 2.80. The van der Waals surface area contributed by atoms with Crippen molar-refractivity contribution in [1.29, 1.82) is 0 Å². The van der Waals surface area contributed by atoms with Crippen LogP contribution in [0, 0.1) is 5.92 Å². The van der Waals surface area contributed by atoms with Crippen molar-refractivity contribution >= 4 is 0 Å². The first-order valence-electron chi connectivity index (χ1n) is 3.14. The zero-order chi connectivity index (χ0) is 4.85. The second-order valence-corrected chi connectivity index (χ2v) is 2.80. The van der Waals surface area contributed by atoms with Gasteiger partial charge in [-0.3, -0.25) is 0 Å². The van der Waals surface area contributed by atoms with Crippen LogP contribution in [-0.4, -0.2) is 12.1 Å². The van der Waals surface area contributed by atoms with E-state index >= 15 is 0 Å². The maximum atomic E-state index is 3.44. The molecule has 0 aromatic carbocycles. The highest BCUT2D eigenvalue weighted by atomic mass is 15.1. The van der Waals surface area contributed by atoms with Crippen molar-refractivity contribution in [2.75, 3.05) is 0 Å². The Balaban J connectivity index is 1.99. The van der Waals surface area contributed by atoms with E-state index in [4.69, 9.17) is 0 Å². The first-order valence-corrected chi connectivity index (χ1v) is 3.14. The van der Waals surface area contributed by atoms with Crippen molar-refractivity contribution in [2.24, 2.45) is 5.92 Å². The second kappa shape index (κ2) is 1.03. The smallest absolute Gasteiger partial charge is 0.0113 e. The molecular formula is C6H11N. The van der Waals surface area contributed by atoms with Crippen molar-refractivity contribution in [2.45, 2.75) is 31.8 Å². The molecule has 1 N–H and O–H groups in total. The molecule has 1 heteroatoms. The molecular weight excluding hydrogens is 86.1 g/mol. The summed E-state index contributed by atoms with van der Waals surface area (Å²) in [5, 5.41) is 3.44. The molecule has 0 aromatic rings. The van der Waals surface area contributed by atoms with Crippen molar-refractivity contribution < 1.29 is 0 Å². The van der Waals surface area contributed by atoms with Crippen LogP contribution in [0.15, 0.2) is 0 Å². The maximum absolute atomic E-state index is 3.44. The zero-order valence-electron chi connectivity index (χ0n) is 4.65. The number of fused-ring (bicyclic) bond motifs is 1. The fraction of sp³-hybridized carbons (Fsp3) is 1.00. The van der Waals surface area contributed by atoms with E-state index in [9.17, 15) is 0 Å². The third kappa shape index (κ3) is 0.325. The summed E-state index contributed by atoms with van der Waals surface area (Å²) >= 11 is 0. The van der Waals surface area contributed by atoms with Crippen molar-refractivity contribution in [3.8, 4) is 0 Å². The van der Waals surface area contributed by atoms with Crippen LogP contribution in [0.25, 0.3) is 0 Å². The molecule has 0 spiro atoms. The minimum absolute atomic E-state index is 0.846. The molecule has 2 aliphatic rings. The van der Waals surface area contributed by atoms with Gasteiger partial charge in [-0.2, -0.15) is 0 Å². The minimum atomic E-state index is 0.846. The maximum Gasteiger partial charge on any atom is 0.0113 e. The average molecular weight is 97.2 g/mol. The van der Waals surface area contributed by atoms with Crippen LogP contribution >= 0.6 is 0 Å². The SMILES string of the molecule is CC1NC2CCC12. The molecule has 0 amide bonds. The molecule has 1 aliphatic heterocycles. The standard InChI is InChI=1S/C6H11N/c1-4-5-2-3-6(5)7-4/h4-7H,2-3H2,1H3. The summed E-state index contributed by atoms with van der Waals surface area (Å²) in [6.07, 6.45) is 2.92. The van der Waals surface area contributed by atoms with Crippen LogP contribution < -0.4 is 5.32 Å². The number of hydrogen-bond acceptors (Lipinski definition) is 1. The molecule has 3 unspecified atom stereocenters. The third-order valence-electron chi connectivity index (χ3n) is 2.45. The van der Waals surface area contributed by atoms with Crippen LogP contribution in [-0.2, 0) is 0 Å². The summed E-state index contributed by atoms with van der Waals surface area (Å²) in [6.45, 7) is 2.28. The lowest BCUT2D eigenvalue weighted by molar-refractivity contribution is 0.0525. The molecule has 7 heavy (non-hydrogen) atoms. The van der Waals surface area contributed by atoms with Gasteiger partial charge in [0.1, 0.15) is 0 Å². The quantitative estimate of drug-likeness (QED) is 0.470. The Morgan fingerprint density at radius 3 is 2.29 bits per heavy atom. The normalized spacial score (nSPS) is 57.0. The monoisotopic (exact) mass is 97.1 g/mol. The lowest BCUT2D eigenvalue weighted by atomic mass is 9.68. The Morgan fingerprint density at radius 1 is 1.43 bits per heavy atom. The first-order chi connectivity index (χ1) is 3.38. The van der Waals surface area contributed by atoms with Crippen LogP contribution in [0.2, 0.25) is 0 Å². The van der Waals surface area contributed by atoms with Gasteiger partial charge in [0, 0.05) is 12.1 Å². The summed E-state index contributed by atoms with van der Waals surface area (Å²) in [5.74, 6) is 1.07. The molecule has 2 fully saturated rings. The van der Waals surface area contributed by atoms with Gasteiger partial charge in [0.15, 0.2) is 0 Å². The van der Waals surface area contributed by atoms with E-state index < -0.39 is 0 Å². The van der Waals surface area contributed by atoms with Crippen LogP contribution in [0.3, 0.4) is 0 Å². The molecule has 3 atom stereocenters. The van der Waals surface area contributed by atoms with Gasteiger partial charge < -0.3 is 5.32 Å². The van der Waals surface area contributed by atoms with Gasteiger partial charge in [0.05, 0.1) is 0 Å². The molecule has 0 bridgehead atoms. The first kappa shape index (κ1) is 3.90. The van der Waals surface area contributed by atoms with Gasteiger partial charge >= 0.3 is 0 Å². The number of rotatable bonds is 0. The Kier molecular flexibility index (Phi) is 0.571. The molecule has 1 nitrogen and oxygen atoms in total. The zero-order valence-corrected chi connectivity index (χ0v) is 4.65. The molecule has 1 saturated carbocycles. The number of piperidine rings is 1. The lowest BCUT2D eigenvalue weighted by Crippen LogP contribution is -2.65. The van der Waals surface area contributed by atoms with Gasteiger partial charge in [0.25, 0.3) is 0 Å². The molecule has 2 rings (SSSR count). The van der Waals surface area contributed by atoms with E-state index in [-0.39, 0.29) is 0 Å². The van der Waals surface area contributed by atoms with Gasteiger partial charge in [-0.25, -0.2) is 0 Å².